The van der Waals surface area contributed by atoms with Crippen molar-refractivity contribution in [3.05, 3.63) is 47.1 Å². The third-order valence-electron chi connectivity index (χ3n) is 4.11. The molecular formula is C17H20ClN5O. The van der Waals surface area contributed by atoms with Crippen LogP contribution in [0.15, 0.2) is 36.4 Å². The van der Waals surface area contributed by atoms with Crippen molar-refractivity contribution < 1.29 is 4.79 Å². The first-order valence-electron chi connectivity index (χ1n) is 8.03. The molecule has 1 aliphatic rings. The standard InChI is InChI=1S/C17H20ClN5O/c1-2-22-8-10-23(11-9-22)16-7-6-15(20-21-16)17(24)19-14-5-3-4-13(18)12-14/h3-7,12H,2,8-11H2,1H3,(H,19,24). The number of hydrogen-bond acceptors (Lipinski definition) is 5. The number of nitrogens with zero attached hydrogens (tertiary/aromatic N) is 4. The summed E-state index contributed by atoms with van der Waals surface area (Å²) >= 11 is 5.91. The van der Waals surface area contributed by atoms with Crippen LogP contribution >= 0.6 is 11.6 Å². The number of halogens is 1. The summed E-state index contributed by atoms with van der Waals surface area (Å²) in [6, 6.07) is 10.6. The van der Waals surface area contributed by atoms with Crippen molar-refractivity contribution >= 4 is 29.0 Å². The van der Waals surface area contributed by atoms with E-state index in [-0.39, 0.29) is 11.6 Å². The van der Waals surface area contributed by atoms with Crippen LogP contribution in [0.2, 0.25) is 5.02 Å². The molecule has 0 radical (unpaired) electrons. The van der Waals surface area contributed by atoms with Gasteiger partial charge in [0, 0.05) is 36.9 Å². The van der Waals surface area contributed by atoms with Gasteiger partial charge in [0.2, 0.25) is 0 Å². The Bertz CT molecular complexity index is 698. The van der Waals surface area contributed by atoms with Crippen molar-refractivity contribution in [1.29, 1.82) is 0 Å². The summed E-state index contributed by atoms with van der Waals surface area (Å²) in [7, 11) is 0. The molecule has 126 valence electrons. The molecule has 0 bridgehead atoms. The summed E-state index contributed by atoms with van der Waals surface area (Å²) in [5, 5.41) is 11.6. The number of rotatable bonds is 4. The van der Waals surface area contributed by atoms with Crippen molar-refractivity contribution in [1.82, 2.24) is 15.1 Å². The van der Waals surface area contributed by atoms with Crippen LogP contribution in [0.4, 0.5) is 11.5 Å². The molecule has 3 rings (SSSR count). The molecule has 6 nitrogen and oxygen atoms in total. The molecule has 1 saturated heterocycles. The number of likely N-dealkylation sites (N-methyl/N-ethyl adjacent to an activating group) is 1. The van der Waals surface area contributed by atoms with E-state index in [1.807, 2.05) is 6.07 Å². The van der Waals surface area contributed by atoms with Crippen LogP contribution in [-0.2, 0) is 0 Å². The number of hydrogen-bond donors (Lipinski definition) is 1. The highest BCUT2D eigenvalue weighted by Crippen LogP contribution is 2.16. The van der Waals surface area contributed by atoms with Crippen LogP contribution in [0.1, 0.15) is 17.4 Å². The summed E-state index contributed by atoms with van der Waals surface area (Å²) in [6.45, 7) is 7.14. The van der Waals surface area contributed by atoms with E-state index in [1.54, 1.807) is 30.3 Å². The molecule has 1 aromatic carbocycles. The van der Waals surface area contributed by atoms with E-state index >= 15 is 0 Å². The average Bonchev–Trinajstić information content (AvgIpc) is 2.62. The number of aromatic nitrogens is 2. The van der Waals surface area contributed by atoms with E-state index in [0.29, 0.717) is 10.7 Å². The smallest absolute Gasteiger partial charge is 0.276 e. The molecule has 7 heteroatoms. The Morgan fingerprint density at radius 3 is 2.58 bits per heavy atom. The van der Waals surface area contributed by atoms with E-state index in [2.05, 4.69) is 32.2 Å². The number of nitrogens with one attached hydrogen (secondary N) is 1. The van der Waals surface area contributed by atoms with E-state index in [4.69, 9.17) is 11.6 Å². The monoisotopic (exact) mass is 345 g/mol. The molecule has 0 unspecified atom stereocenters. The molecule has 0 aliphatic carbocycles. The summed E-state index contributed by atoms with van der Waals surface area (Å²) in [4.78, 5) is 16.8. The fourth-order valence-electron chi connectivity index (χ4n) is 2.67. The first-order chi connectivity index (χ1) is 11.7. The van der Waals surface area contributed by atoms with Crippen LogP contribution in [0.5, 0.6) is 0 Å². The van der Waals surface area contributed by atoms with Gasteiger partial charge in [0.25, 0.3) is 5.91 Å². The van der Waals surface area contributed by atoms with Crippen LogP contribution in [0.25, 0.3) is 0 Å². The van der Waals surface area contributed by atoms with Crippen LogP contribution < -0.4 is 10.2 Å². The Morgan fingerprint density at radius 1 is 1.17 bits per heavy atom. The largest absolute Gasteiger partial charge is 0.353 e. The quantitative estimate of drug-likeness (QED) is 0.922. The maximum absolute atomic E-state index is 12.2. The number of piperazine rings is 1. The molecule has 2 aromatic rings. The fraction of sp³-hybridized carbons (Fsp3) is 0.353. The Kier molecular flexibility index (Phi) is 5.27. The van der Waals surface area contributed by atoms with Gasteiger partial charge in [0.1, 0.15) is 0 Å². The third kappa shape index (κ3) is 4.01. The highest BCUT2D eigenvalue weighted by molar-refractivity contribution is 6.30. The number of carbonyl (C=O) groups is 1. The first-order valence-corrected chi connectivity index (χ1v) is 8.41. The summed E-state index contributed by atoms with van der Waals surface area (Å²) in [5.41, 5.74) is 0.917. The molecule has 2 heterocycles. The SMILES string of the molecule is CCN1CCN(c2ccc(C(=O)Nc3cccc(Cl)c3)nn2)CC1. The maximum Gasteiger partial charge on any atom is 0.276 e. The fourth-order valence-corrected chi connectivity index (χ4v) is 2.86. The zero-order chi connectivity index (χ0) is 16.9. The minimum atomic E-state index is -0.299. The van der Waals surface area contributed by atoms with Crippen molar-refractivity contribution in [2.75, 3.05) is 42.9 Å². The Balaban J connectivity index is 1.63. The van der Waals surface area contributed by atoms with Gasteiger partial charge in [0.15, 0.2) is 11.5 Å². The molecule has 0 atom stereocenters. The number of anilines is 2. The van der Waals surface area contributed by atoms with Crippen molar-refractivity contribution in [3.8, 4) is 0 Å². The molecule has 1 aliphatic heterocycles. The summed E-state index contributed by atoms with van der Waals surface area (Å²) < 4.78 is 0. The topological polar surface area (TPSA) is 61.4 Å². The van der Waals surface area contributed by atoms with Crippen molar-refractivity contribution in [2.45, 2.75) is 6.92 Å². The van der Waals surface area contributed by atoms with Crippen LogP contribution in [-0.4, -0.2) is 53.7 Å². The van der Waals surface area contributed by atoms with Crippen molar-refractivity contribution in [2.24, 2.45) is 0 Å². The second-order valence-corrected chi connectivity index (χ2v) is 6.10. The Morgan fingerprint density at radius 2 is 1.96 bits per heavy atom. The number of benzene rings is 1. The lowest BCUT2D eigenvalue weighted by Crippen LogP contribution is -2.46. The molecule has 1 amide bonds. The van der Waals surface area contributed by atoms with Crippen LogP contribution in [0.3, 0.4) is 0 Å². The highest BCUT2D eigenvalue weighted by Gasteiger charge is 2.17. The highest BCUT2D eigenvalue weighted by atomic mass is 35.5. The zero-order valence-electron chi connectivity index (χ0n) is 13.6. The molecule has 24 heavy (non-hydrogen) atoms. The van der Waals surface area contributed by atoms with Crippen LogP contribution in [0, 0.1) is 0 Å². The van der Waals surface area contributed by atoms with E-state index in [0.717, 1.165) is 38.5 Å². The van der Waals surface area contributed by atoms with Gasteiger partial charge in [-0.05, 0) is 36.9 Å². The maximum atomic E-state index is 12.2. The van der Waals surface area contributed by atoms with Crippen molar-refractivity contribution in [3.63, 3.8) is 0 Å². The van der Waals surface area contributed by atoms with E-state index < -0.39 is 0 Å². The summed E-state index contributed by atoms with van der Waals surface area (Å²) in [6.07, 6.45) is 0. The number of amides is 1. The molecule has 1 fully saturated rings. The second kappa shape index (κ2) is 7.59. The normalized spacial score (nSPS) is 15.3. The van der Waals surface area contributed by atoms with Gasteiger partial charge in [-0.25, -0.2) is 0 Å². The predicted octanol–water partition coefficient (Wildman–Crippen LogP) is 2.52. The van der Waals surface area contributed by atoms with Gasteiger partial charge in [-0.1, -0.05) is 24.6 Å². The molecule has 0 spiro atoms. The van der Waals surface area contributed by atoms with Gasteiger partial charge < -0.3 is 15.1 Å². The van der Waals surface area contributed by atoms with Gasteiger partial charge in [-0.15, -0.1) is 10.2 Å². The predicted molar refractivity (Wildman–Crippen MR) is 95.8 cm³/mol. The lowest BCUT2D eigenvalue weighted by Gasteiger charge is -2.34. The Labute approximate surface area is 146 Å². The van der Waals surface area contributed by atoms with Gasteiger partial charge in [-0.3, -0.25) is 4.79 Å². The lowest BCUT2D eigenvalue weighted by atomic mass is 10.3. The zero-order valence-corrected chi connectivity index (χ0v) is 14.3. The molecule has 1 aromatic heterocycles. The van der Waals surface area contributed by atoms with Gasteiger partial charge in [-0.2, -0.15) is 0 Å². The number of carbonyl (C=O) groups excluding carboxylic acids is 1. The van der Waals surface area contributed by atoms with E-state index in [9.17, 15) is 4.79 Å². The minimum Gasteiger partial charge on any atom is -0.353 e. The van der Waals surface area contributed by atoms with E-state index in [1.165, 1.54) is 0 Å². The Hall–Kier alpha value is -2.18. The summed E-state index contributed by atoms with van der Waals surface area (Å²) in [5.74, 6) is 0.511. The molecular weight excluding hydrogens is 326 g/mol. The second-order valence-electron chi connectivity index (χ2n) is 5.66. The average molecular weight is 346 g/mol. The van der Waals surface area contributed by atoms with Gasteiger partial charge in [0.05, 0.1) is 0 Å². The third-order valence-corrected chi connectivity index (χ3v) is 4.34. The molecule has 1 N–H and O–H groups in total. The van der Waals surface area contributed by atoms with Gasteiger partial charge >= 0.3 is 0 Å². The first kappa shape index (κ1) is 16.7. The lowest BCUT2D eigenvalue weighted by molar-refractivity contribution is 0.102. The minimum absolute atomic E-state index is 0.283. The molecule has 0 saturated carbocycles.